The molecule has 0 atom stereocenters. The fourth-order valence-electron chi connectivity index (χ4n) is 2.46. The molecule has 1 aromatic carbocycles. The lowest BCUT2D eigenvalue weighted by molar-refractivity contribution is -0.133. The average Bonchev–Trinajstić information content (AvgIpc) is 2.57. The Labute approximate surface area is 146 Å². The molecule has 0 radical (unpaired) electrons. The van der Waals surface area contributed by atoms with E-state index in [9.17, 15) is 13.2 Å². The van der Waals surface area contributed by atoms with E-state index in [0.717, 1.165) is 5.56 Å². The molecule has 1 fully saturated rings. The van der Waals surface area contributed by atoms with E-state index in [0.29, 0.717) is 19.0 Å². The summed E-state index contributed by atoms with van der Waals surface area (Å²) in [4.78, 5) is 22.0. The lowest BCUT2D eigenvalue weighted by Gasteiger charge is -2.39. The zero-order valence-electron chi connectivity index (χ0n) is 13.7. The molecular formula is C16H19N5O3S. The highest BCUT2D eigenvalue weighted by Gasteiger charge is 2.31. The normalized spacial score (nSPS) is 14.8. The Balaban J connectivity index is 1.48. The van der Waals surface area contributed by atoms with E-state index in [-0.39, 0.29) is 23.4 Å². The van der Waals surface area contributed by atoms with Gasteiger partial charge in [0.05, 0.1) is 17.5 Å². The third kappa shape index (κ3) is 4.31. The standard InChI is InChI=1S/C16H19N5O3S/c1-12-4-2-5-14(8-12)25(23,24)19-9-15(22)21-10-13(11-21)20-16-17-6-3-7-18-16/h2-8,13,19H,9-11H2,1H3,(H,17,18,20). The van der Waals surface area contributed by atoms with E-state index in [1.165, 1.54) is 6.07 Å². The number of carbonyl (C=O) groups is 1. The minimum atomic E-state index is -3.69. The van der Waals surface area contributed by atoms with Gasteiger partial charge in [0, 0.05) is 25.5 Å². The lowest BCUT2D eigenvalue weighted by atomic mass is 10.1. The summed E-state index contributed by atoms with van der Waals surface area (Å²) in [6.45, 7) is 2.53. The zero-order chi connectivity index (χ0) is 17.9. The minimum Gasteiger partial charge on any atom is -0.348 e. The van der Waals surface area contributed by atoms with Gasteiger partial charge in [-0.15, -0.1) is 0 Å². The van der Waals surface area contributed by atoms with Gasteiger partial charge < -0.3 is 10.2 Å². The first-order valence-corrected chi connectivity index (χ1v) is 9.30. The van der Waals surface area contributed by atoms with Gasteiger partial charge in [-0.05, 0) is 30.7 Å². The van der Waals surface area contributed by atoms with Crippen molar-refractivity contribution in [2.45, 2.75) is 17.9 Å². The quantitative estimate of drug-likeness (QED) is 0.771. The van der Waals surface area contributed by atoms with Gasteiger partial charge in [0.2, 0.25) is 21.9 Å². The summed E-state index contributed by atoms with van der Waals surface area (Å²) in [6, 6.07) is 8.35. The Bertz CT molecular complexity index is 851. The second-order valence-corrected chi connectivity index (χ2v) is 7.62. The Morgan fingerprint density at radius 2 is 1.96 bits per heavy atom. The van der Waals surface area contributed by atoms with Crippen molar-refractivity contribution in [2.24, 2.45) is 0 Å². The SMILES string of the molecule is Cc1cccc(S(=O)(=O)NCC(=O)N2CC(Nc3ncccn3)C2)c1. The molecule has 132 valence electrons. The molecule has 0 bridgehead atoms. The molecule has 2 aromatic rings. The summed E-state index contributed by atoms with van der Waals surface area (Å²) in [5.41, 5.74) is 0.842. The highest BCUT2D eigenvalue weighted by atomic mass is 32.2. The molecule has 2 heterocycles. The number of nitrogens with one attached hydrogen (secondary N) is 2. The molecule has 1 aromatic heterocycles. The number of aryl methyl sites for hydroxylation is 1. The zero-order valence-corrected chi connectivity index (χ0v) is 14.5. The first kappa shape index (κ1) is 17.3. The molecule has 1 aliphatic rings. The van der Waals surface area contributed by atoms with Crippen LogP contribution >= 0.6 is 0 Å². The third-order valence-electron chi connectivity index (χ3n) is 3.85. The topological polar surface area (TPSA) is 104 Å². The van der Waals surface area contributed by atoms with E-state index < -0.39 is 10.0 Å². The summed E-state index contributed by atoms with van der Waals surface area (Å²) >= 11 is 0. The number of hydrogen-bond donors (Lipinski definition) is 2. The van der Waals surface area contributed by atoms with Crippen molar-refractivity contribution >= 4 is 21.9 Å². The Hall–Kier alpha value is -2.52. The molecule has 0 aliphatic carbocycles. The van der Waals surface area contributed by atoms with E-state index in [4.69, 9.17) is 0 Å². The predicted octanol–water partition coefficient (Wildman–Crippen LogP) is 0.386. The molecule has 1 saturated heterocycles. The summed E-state index contributed by atoms with van der Waals surface area (Å²) in [5.74, 6) is 0.253. The van der Waals surface area contributed by atoms with Gasteiger partial charge in [0.15, 0.2) is 0 Å². The molecule has 3 rings (SSSR count). The van der Waals surface area contributed by atoms with Crippen molar-refractivity contribution < 1.29 is 13.2 Å². The number of benzene rings is 1. The van der Waals surface area contributed by atoms with Crippen molar-refractivity contribution in [1.29, 1.82) is 0 Å². The number of nitrogens with zero attached hydrogens (tertiary/aromatic N) is 3. The van der Waals surface area contributed by atoms with E-state index in [2.05, 4.69) is 20.0 Å². The largest absolute Gasteiger partial charge is 0.348 e. The molecular weight excluding hydrogens is 342 g/mol. The van der Waals surface area contributed by atoms with Crippen LogP contribution in [0.1, 0.15) is 5.56 Å². The van der Waals surface area contributed by atoms with Gasteiger partial charge >= 0.3 is 0 Å². The van der Waals surface area contributed by atoms with Gasteiger partial charge in [0.1, 0.15) is 0 Å². The first-order valence-electron chi connectivity index (χ1n) is 7.82. The van der Waals surface area contributed by atoms with Crippen LogP contribution in [-0.4, -0.2) is 54.9 Å². The fourth-order valence-corrected chi connectivity index (χ4v) is 3.54. The van der Waals surface area contributed by atoms with Crippen molar-refractivity contribution in [2.75, 3.05) is 25.0 Å². The van der Waals surface area contributed by atoms with Crippen LogP contribution in [0.25, 0.3) is 0 Å². The predicted molar refractivity (Wildman–Crippen MR) is 92.4 cm³/mol. The Morgan fingerprint density at radius 3 is 2.64 bits per heavy atom. The van der Waals surface area contributed by atoms with Crippen LogP contribution in [0.4, 0.5) is 5.95 Å². The maximum Gasteiger partial charge on any atom is 0.241 e. The van der Waals surface area contributed by atoms with Crippen LogP contribution < -0.4 is 10.0 Å². The smallest absolute Gasteiger partial charge is 0.241 e. The van der Waals surface area contributed by atoms with Gasteiger partial charge in [-0.1, -0.05) is 12.1 Å². The molecule has 1 amide bonds. The number of amides is 1. The second kappa shape index (κ2) is 7.16. The van der Waals surface area contributed by atoms with Crippen LogP contribution in [0.2, 0.25) is 0 Å². The van der Waals surface area contributed by atoms with Crippen molar-refractivity contribution in [1.82, 2.24) is 19.6 Å². The number of aromatic nitrogens is 2. The molecule has 25 heavy (non-hydrogen) atoms. The minimum absolute atomic E-state index is 0.0692. The summed E-state index contributed by atoms with van der Waals surface area (Å²) in [5, 5.41) is 3.11. The van der Waals surface area contributed by atoms with Crippen LogP contribution in [0.15, 0.2) is 47.6 Å². The first-order chi connectivity index (χ1) is 11.9. The van der Waals surface area contributed by atoms with E-state index in [1.54, 1.807) is 35.5 Å². The highest BCUT2D eigenvalue weighted by Crippen LogP contribution is 2.13. The van der Waals surface area contributed by atoms with E-state index >= 15 is 0 Å². The molecule has 0 spiro atoms. The summed E-state index contributed by atoms with van der Waals surface area (Å²) < 4.78 is 26.8. The van der Waals surface area contributed by atoms with Crippen molar-refractivity contribution in [3.05, 3.63) is 48.3 Å². The van der Waals surface area contributed by atoms with Gasteiger partial charge in [-0.25, -0.2) is 23.1 Å². The lowest BCUT2D eigenvalue weighted by Crippen LogP contribution is -2.59. The Morgan fingerprint density at radius 1 is 1.24 bits per heavy atom. The third-order valence-corrected chi connectivity index (χ3v) is 5.25. The molecule has 9 heteroatoms. The second-order valence-electron chi connectivity index (χ2n) is 5.85. The molecule has 1 aliphatic heterocycles. The van der Waals surface area contributed by atoms with Crippen molar-refractivity contribution in [3.63, 3.8) is 0 Å². The van der Waals surface area contributed by atoms with Gasteiger partial charge in [-0.2, -0.15) is 0 Å². The van der Waals surface area contributed by atoms with Crippen LogP contribution in [0, 0.1) is 6.92 Å². The fraction of sp³-hybridized carbons (Fsp3) is 0.312. The number of sulfonamides is 1. The number of anilines is 1. The van der Waals surface area contributed by atoms with Crippen LogP contribution in [-0.2, 0) is 14.8 Å². The average molecular weight is 361 g/mol. The van der Waals surface area contributed by atoms with Gasteiger partial charge in [-0.3, -0.25) is 4.79 Å². The maximum absolute atomic E-state index is 12.2. The van der Waals surface area contributed by atoms with Crippen molar-refractivity contribution in [3.8, 4) is 0 Å². The number of rotatable bonds is 6. The van der Waals surface area contributed by atoms with Crippen LogP contribution in [0.3, 0.4) is 0 Å². The van der Waals surface area contributed by atoms with Gasteiger partial charge in [0.25, 0.3) is 0 Å². The number of carbonyl (C=O) groups excluding carboxylic acids is 1. The van der Waals surface area contributed by atoms with E-state index in [1.807, 2.05) is 13.0 Å². The molecule has 2 N–H and O–H groups in total. The van der Waals surface area contributed by atoms with Crippen LogP contribution in [0.5, 0.6) is 0 Å². The highest BCUT2D eigenvalue weighted by molar-refractivity contribution is 7.89. The molecule has 8 nitrogen and oxygen atoms in total. The summed E-state index contributed by atoms with van der Waals surface area (Å²) in [7, 11) is -3.69. The maximum atomic E-state index is 12.2. The monoisotopic (exact) mass is 361 g/mol. The molecule has 0 unspecified atom stereocenters. The Kier molecular flexibility index (Phi) is 4.95. The summed E-state index contributed by atoms with van der Waals surface area (Å²) in [6.07, 6.45) is 3.27. The number of likely N-dealkylation sites (tertiary alicyclic amines) is 1. The molecule has 0 saturated carbocycles. The number of hydrogen-bond acceptors (Lipinski definition) is 6.